The van der Waals surface area contributed by atoms with E-state index in [1.165, 1.54) is 36.4 Å². The first-order valence-electron chi connectivity index (χ1n) is 6.62. The standard InChI is InChI=1S/C16H15NO5/c1-2-9-6-11(8-13(19)14(9)16(21)22)17-15(20)10-4-3-5-12(18)7-10/h3-8,18-19H,2H2,1H3,(H,17,20)(H,21,22). The average Bonchev–Trinajstić information content (AvgIpc) is 2.45. The molecular weight excluding hydrogens is 286 g/mol. The first-order chi connectivity index (χ1) is 10.4. The summed E-state index contributed by atoms with van der Waals surface area (Å²) in [6, 6.07) is 8.50. The maximum atomic E-state index is 12.1. The molecule has 0 bridgehead atoms. The largest absolute Gasteiger partial charge is 0.508 e. The van der Waals surface area contributed by atoms with E-state index in [0.717, 1.165) is 0 Å². The molecule has 0 aliphatic carbocycles. The Labute approximate surface area is 126 Å². The summed E-state index contributed by atoms with van der Waals surface area (Å²) in [4.78, 5) is 23.2. The zero-order valence-corrected chi connectivity index (χ0v) is 11.8. The second-order valence-electron chi connectivity index (χ2n) is 4.69. The number of hydrogen-bond acceptors (Lipinski definition) is 4. The smallest absolute Gasteiger partial charge is 0.339 e. The summed E-state index contributed by atoms with van der Waals surface area (Å²) < 4.78 is 0. The molecular formula is C16H15NO5. The van der Waals surface area contributed by atoms with Crippen LogP contribution in [-0.4, -0.2) is 27.2 Å². The topological polar surface area (TPSA) is 107 Å². The fraction of sp³-hybridized carbons (Fsp3) is 0.125. The fourth-order valence-electron chi connectivity index (χ4n) is 2.13. The maximum Gasteiger partial charge on any atom is 0.339 e. The van der Waals surface area contributed by atoms with E-state index in [2.05, 4.69) is 5.32 Å². The van der Waals surface area contributed by atoms with Crippen LogP contribution in [0.2, 0.25) is 0 Å². The van der Waals surface area contributed by atoms with Crippen LogP contribution >= 0.6 is 0 Å². The molecule has 0 saturated heterocycles. The van der Waals surface area contributed by atoms with Crippen molar-refractivity contribution in [1.29, 1.82) is 0 Å². The average molecular weight is 301 g/mol. The lowest BCUT2D eigenvalue weighted by Crippen LogP contribution is -2.13. The lowest BCUT2D eigenvalue weighted by atomic mass is 10.0. The Kier molecular flexibility index (Phi) is 4.31. The number of amides is 1. The van der Waals surface area contributed by atoms with Crippen molar-refractivity contribution in [3.8, 4) is 11.5 Å². The van der Waals surface area contributed by atoms with Crippen molar-refractivity contribution in [3.63, 3.8) is 0 Å². The number of rotatable bonds is 4. The minimum absolute atomic E-state index is 0.0361. The first kappa shape index (κ1) is 15.4. The van der Waals surface area contributed by atoms with Gasteiger partial charge in [-0.3, -0.25) is 4.79 Å². The lowest BCUT2D eigenvalue weighted by Gasteiger charge is -2.11. The number of nitrogens with one attached hydrogen (secondary N) is 1. The lowest BCUT2D eigenvalue weighted by molar-refractivity contribution is 0.0692. The molecule has 2 aromatic rings. The number of benzene rings is 2. The van der Waals surface area contributed by atoms with Gasteiger partial charge in [0.2, 0.25) is 0 Å². The number of anilines is 1. The molecule has 0 aromatic heterocycles. The van der Waals surface area contributed by atoms with Crippen molar-refractivity contribution >= 4 is 17.6 Å². The van der Waals surface area contributed by atoms with E-state index in [4.69, 9.17) is 5.11 Å². The number of carbonyl (C=O) groups is 2. The van der Waals surface area contributed by atoms with Gasteiger partial charge in [0, 0.05) is 17.3 Å². The number of carboxylic acids is 1. The van der Waals surface area contributed by atoms with E-state index < -0.39 is 17.6 Å². The Morgan fingerprint density at radius 2 is 1.86 bits per heavy atom. The first-order valence-corrected chi connectivity index (χ1v) is 6.62. The van der Waals surface area contributed by atoms with E-state index in [9.17, 15) is 19.8 Å². The van der Waals surface area contributed by atoms with Gasteiger partial charge in [-0.25, -0.2) is 4.79 Å². The third-order valence-corrected chi connectivity index (χ3v) is 3.16. The zero-order chi connectivity index (χ0) is 16.3. The van der Waals surface area contributed by atoms with Crippen LogP contribution in [0.25, 0.3) is 0 Å². The summed E-state index contributed by atoms with van der Waals surface area (Å²) in [5.74, 6) is -2.13. The summed E-state index contributed by atoms with van der Waals surface area (Å²) in [5, 5.41) is 30.8. The third-order valence-electron chi connectivity index (χ3n) is 3.16. The van der Waals surface area contributed by atoms with Gasteiger partial charge in [-0.2, -0.15) is 0 Å². The fourth-order valence-corrected chi connectivity index (χ4v) is 2.13. The van der Waals surface area contributed by atoms with Gasteiger partial charge in [0.1, 0.15) is 17.1 Å². The number of aromatic carboxylic acids is 1. The molecule has 4 N–H and O–H groups in total. The summed E-state index contributed by atoms with van der Waals surface area (Å²) in [6.07, 6.45) is 0.394. The van der Waals surface area contributed by atoms with Gasteiger partial charge in [0.25, 0.3) is 5.91 Å². The number of phenolic OH excluding ortho intramolecular Hbond substituents is 1. The Balaban J connectivity index is 2.32. The molecule has 22 heavy (non-hydrogen) atoms. The second kappa shape index (κ2) is 6.17. The highest BCUT2D eigenvalue weighted by atomic mass is 16.4. The highest BCUT2D eigenvalue weighted by Gasteiger charge is 2.17. The summed E-state index contributed by atoms with van der Waals surface area (Å²) in [7, 11) is 0. The second-order valence-corrected chi connectivity index (χ2v) is 4.69. The Bertz CT molecular complexity index is 739. The van der Waals surface area contributed by atoms with Crippen molar-refractivity contribution in [2.24, 2.45) is 0 Å². The number of hydrogen-bond donors (Lipinski definition) is 4. The van der Waals surface area contributed by atoms with E-state index in [1.807, 2.05) is 0 Å². The van der Waals surface area contributed by atoms with Gasteiger partial charge in [-0.15, -0.1) is 0 Å². The minimum Gasteiger partial charge on any atom is -0.508 e. The van der Waals surface area contributed by atoms with Gasteiger partial charge in [0.05, 0.1) is 0 Å². The van der Waals surface area contributed by atoms with E-state index >= 15 is 0 Å². The molecule has 0 saturated carbocycles. The minimum atomic E-state index is -1.22. The monoisotopic (exact) mass is 301 g/mol. The number of carboxylic acid groups (broad SMARTS) is 1. The number of aromatic hydroxyl groups is 2. The quantitative estimate of drug-likeness (QED) is 0.694. The van der Waals surface area contributed by atoms with E-state index in [0.29, 0.717) is 12.0 Å². The third kappa shape index (κ3) is 3.17. The Morgan fingerprint density at radius 3 is 2.45 bits per heavy atom. The van der Waals surface area contributed by atoms with Crippen LogP contribution in [0.3, 0.4) is 0 Å². The Morgan fingerprint density at radius 1 is 1.14 bits per heavy atom. The maximum absolute atomic E-state index is 12.1. The van der Waals surface area contributed by atoms with Crippen molar-refractivity contribution in [2.75, 3.05) is 5.32 Å². The van der Waals surface area contributed by atoms with Crippen molar-refractivity contribution in [1.82, 2.24) is 0 Å². The molecule has 0 aliphatic rings. The molecule has 0 heterocycles. The van der Waals surface area contributed by atoms with Crippen molar-refractivity contribution in [2.45, 2.75) is 13.3 Å². The van der Waals surface area contributed by atoms with Crippen LogP contribution in [0.4, 0.5) is 5.69 Å². The zero-order valence-electron chi connectivity index (χ0n) is 11.8. The van der Waals surface area contributed by atoms with Gasteiger partial charge >= 0.3 is 5.97 Å². The van der Waals surface area contributed by atoms with Gasteiger partial charge in [-0.05, 0) is 36.2 Å². The predicted octanol–water partition coefficient (Wildman–Crippen LogP) is 2.61. The number of phenols is 2. The summed E-state index contributed by atoms with van der Waals surface area (Å²) in [6.45, 7) is 1.75. The molecule has 2 rings (SSSR count). The van der Waals surface area contributed by atoms with Crippen LogP contribution < -0.4 is 5.32 Å². The molecule has 0 fully saturated rings. The summed E-state index contributed by atoms with van der Waals surface area (Å²) >= 11 is 0. The van der Waals surface area contributed by atoms with Crippen LogP contribution in [-0.2, 0) is 6.42 Å². The van der Waals surface area contributed by atoms with Gasteiger partial charge < -0.3 is 20.6 Å². The van der Waals surface area contributed by atoms with Crippen molar-refractivity contribution in [3.05, 3.63) is 53.1 Å². The van der Waals surface area contributed by atoms with Crippen LogP contribution in [0.15, 0.2) is 36.4 Å². The molecule has 0 unspecified atom stereocenters. The molecule has 2 aromatic carbocycles. The SMILES string of the molecule is CCc1cc(NC(=O)c2cccc(O)c2)cc(O)c1C(=O)O. The molecule has 0 radical (unpaired) electrons. The highest BCUT2D eigenvalue weighted by Crippen LogP contribution is 2.27. The van der Waals surface area contributed by atoms with Gasteiger partial charge in [-0.1, -0.05) is 13.0 Å². The van der Waals surface area contributed by atoms with Crippen molar-refractivity contribution < 1.29 is 24.9 Å². The molecule has 6 nitrogen and oxygen atoms in total. The predicted molar refractivity (Wildman–Crippen MR) is 80.5 cm³/mol. The van der Waals surface area contributed by atoms with Crippen LogP contribution in [0.5, 0.6) is 11.5 Å². The number of aryl methyl sites for hydroxylation is 1. The number of carbonyl (C=O) groups excluding carboxylic acids is 1. The molecule has 0 aliphatic heterocycles. The van der Waals surface area contributed by atoms with Gasteiger partial charge in [0.15, 0.2) is 0 Å². The molecule has 0 atom stereocenters. The summed E-state index contributed by atoms with van der Waals surface area (Å²) in [5.41, 5.74) is 0.782. The molecule has 114 valence electrons. The molecule has 0 spiro atoms. The van der Waals surface area contributed by atoms with Crippen LogP contribution in [0.1, 0.15) is 33.2 Å². The molecule has 6 heteroatoms. The molecule has 1 amide bonds. The highest BCUT2D eigenvalue weighted by molar-refractivity contribution is 6.05. The van der Waals surface area contributed by atoms with E-state index in [-0.39, 0.29) is 22.6 Å². The van der Waals surface area contributed by atoms with E-state index in [1.54, 1.807) is 6.92 Å². The normalized spacial score (nSPS) is 10.2. The van der Waals surface area contributed by atoms with Crippen LogP contribution in [0, 0.1) is 0 Å². The Hall–Kier alpha value is -3.02.